The predicted octanol–water partition coefficient (Wildman–Crippen LogP) is 0.690. The summed E-state index contributed by atoms with van der Waals surface area (Å²) in [6, 6.07) is 4.75. The maximum atomic E-state index is 11.7. The minimum absolute atomic E-state index is 0.356. The number of carbonyl (C=O) groups excluding carboxylic acids is 1. The first-order chi connectivity index (χ1) is 9.41. The van der Waals surface area contributed by atoms with Crippen molar-refractivity contribution in [2.24, 2.45) is 0 Å². The number of terminal acetylenes is 1. The van der Waals surface area contributed by atoms with Crippen molar-refractivity contribution in [3.8, 4) is 23.8 Å². The monoisotopic (exact) mass is 297 g/mol. The number of rotatable bonds is 6. The number of nitrogens with one attached hydrogen (secondary N) is 1. The predicted molar refractivity (Wildman–Crippen MR) is 75.7 cm³/mol. The molecule has 0 saturated carbocycles. The van der Waals surface area contributed by atoms with E-state index in [1.165, 1.54) is 14.2 Å². The van der Waals surface area contributed by atoms with Crippen molar-refractivity contribution < 1.29 is 22.7 Å². The van der Waals surface area contributed by atoms with Gasteiger partial charge in [0.1, 0.15) is 23.0 Å². The van der Waals surface area contributed by atoms with Crippen molar-refractivity contribution in [2.75, 3.05) is 31.0 Å². The van der Waals surface area contributed by atoms with Gasteiger partial charge in [0.15, 0.2) is 9.84 Å². The Kier molecular flexibility index (Phi) is 5.41. The number of ether oxygens (including phenoxy) is 2. The molecule has 0 radical (unpaired) electrons. The molecule has 1 amide bonds. The first kappa shape index (κ1) is 15.9. The van der Waals surface area contributed by atoms with Crippen molar-refractivity contribution >= 4 is 21.4 Å². The van der Waals surface area contributed by atoms with E-state index in [1.54, 1.807) is 18.2 Å². The van der Waals surface area contributed by atoms with Gasteiger partial charge in [-0.05, 0) is 12.1 Å². The molecule has 1 N–H and O–H groups in total. The van der Waals surface area contributed by atoms with Gasteiger partial charge in [-0.15, -0.1) is 6.42 Å². The molecule has 1 rings (SSSR count). The third kappa shape index (κ3) is 4.48. The van der Waals surface area contributed by atoms with Gasteiger partial charge in [-0.25, -0.2) is 8.42 Å². The van der Waals surface area contributed by atoms with E-state index in [4.69, 9.17) is 15.9 Å². The minimum Gasteiger partial charge on any atom is -0.497 e. The summed E-state index contributed by atoms with van der Waals surface area (Å²) >= 11 is 0. The fourth-order valence-electron chi connectivity index (χ4n) is 1.47. The fourth-order valence-corrected chi connectivity index (χ4v) is 2.29. The summed E-state index contributed by atoms with van der Waals surface area (Å²) in [6.07, 6.45) is 4.93. The number of hydrogen-bond acceptors (Lipinski definition) is 5. The Balaban J connectivity index is 2.84. The van der Waals surface area contributed by atoms with Crippen LogP contribution in [0.3, 0.4) is 0 Å². The summed E-state index contributed by atoms with van der Waals surface area (Å²) in [5.41, 5.74) is 0.356. The van der Waals surface area contributed by atoms with E-state index < -0.39 is 27.3 Å². The van der Waals surface area contributed by atoms with Gasteiger partial charge in [0.25, 0.3) is 0 Å². The SMILES string of the molecule is C#CCS(=O)(=O)CC(=O)Nc1ccc(OC)cc1OC. The molecule has 0 spiro atoms. The maximum absolute atomic E-state index is 11.7. The lowest BCUT2D eigenvalue weighted by Gasteiger charge is -2.11. The van der Waals surface area contributed by atoms with Crippen molar-refractivity contribution in [3.63, 3.8) is 0 Å². The second-order valence-electron chi connectivity index (χ2n) is 3.85. The van der Waals surface area contributed by atoms with Gasteiger partial charge < -0.3 is 14.8 Å². The highest BCUT2D eigenvalue weighted by Crippen LogP contribution is 2.28. The molecule has 0 unspecified atom stereocenters. The zero-order valence-electron chi connectivity index (χ0n) is 11.2. The van der Waals surface area contributed by atoms with Gasteiger partial charge in [-0.1, -0.05) is 5.92 Å². The Morgan fingerprint density at radius 2 is 2.05 bits per heavy atom. The average molecular weight is 297 g/mol. The van der Waals surface area contributed by atoms with Gasteiger partial charge in [-0.3, -0.25) is 4.79 Å². The minimum atomic E-state index is -3.60. The van der Waals surface area contributed by atoms with Crippen LogP contribution in [0.4, 0.5) is 5.69 Å². The molecule has 0 aliphatic carbocycles. The van der Waals surface area contributed by atoms with Gasteiger partial charge >= 0.3 is 0 Å². The molecule has 20 heavy (non-hydrogen) atoms. The standard InChI is InChI=1S/C13H15NO5S/c1-4-7-20(16,17)9-13(15)14-11-6-5-10(18-2)8-12(11)19-3/h1,5-6,8H,7,9H2,2-3H3,(H,14,15). The van der Waals surface area contributed by atoms with Crippen LogP contribution < -0.4 is 14.8 Å². The summed E-state index contributed by atoms with van der Waals surface area (Å²) in [4.78, 5) is 11.7. The highest BCUT2D eigenvalue weighted by molar-refractivity contribution is 7.92. The smallest absolute Gasteiger partial charge is 0.239 e. The van der Waals surface area contributed by atoms with E-state index in [0.29, 0.717) is 17.2 Å². The summed E-state index contributed by atoms with van der Waals surface area (Å²) in [7, 11) is -0.668. The molecule has 0 fully saturated rings. The molecule has 1 aromatic rings. The van der Waals surface area contributed by atoms with Crippen LogP contribution in [0.1, 0.15) is 0 Å². The molecule has 0 heterocycles. The lowest BCUT2D eigenvalue weighted by molar-refractivity contribution is -0.113. The summed E-state index contributed by atoms with van der Waals surface area (Å²) in [6.45, 7) is 0. The third-order valence-electron chi connectivity index (χ3n) is 2.34. The number of benzene rings is 1. The molecule has 0 aromatic heterocycles. The van der Waals surface area contributed by atoms with E-state index >= 15 is 0 Å². The lowest BCUT2D eigenvalue weighted by atomic mass is 10.2. The van der Waals surface area contributed by atoms with Gasteiger partial charge in [0, 0.05) is 6.07 Å². The zero-order chi connectivity index (χ0) is 15.2. The molecule has 6 nitrogen and oxygen atoms in total. The lowest BCUT2D eigenvalue weighted by Crippen LogP contribution is -2.24. The number of methoxy groups -OCH3 is 2. The summed E-state index contributed by atoms with van der Waals surface area (Å²) < 4.78 is 33.0. The second kappa shape index (κ2) is 6.82. The van der Waals surface area contributed by atoms with Crippen LogP contribution in [-0.4, -0.2) is 40.1 Å². The van der Waals surface area contributed by atoms with Gasteiger partial charge in [-0.2, -0.15) is 0 Å². The molecular weight excluding hydrogens is 282 g/mol. The third-order valence-corrected chi connectivity index (χ3v) is 3.65. The van der Waals surface area contributed by atoms with Crippen molar-refractivity contribution in [1.82, 2.24) is 0 Å². The molecule has 0 aliphatic rings. The van der Waals surface area contributed by atoms with Gasteiger partial charge in [0.05, 0.1) is 19.9 Å². The van der Waals surface area contributed by atoms with Crippen LogP contribution in [0.2, 0.25) is 0 Å². The number of hydrogen-bond donors (Lipinski definition) is 1. The van der Waals surface area contributed by atoms with E-state index in [0.717, 1.165) is 0 Å². The van der Waals surface area contributed by atoms with E-state index in [2.05, 4.69) is 5.32 Å². The van der Waals surface area contributed by atoms with Crippen LogP contribution in [0.25, 0.3) is 0 Å². The largest absolute Gasteiger partial charge is 0.497 e. The molecule has 7 heteroatoms. The maximum Gasteiger partial charge on any atom is 0.239 e. The van der Waals surface area contributed by atoms with Crippen LogP contribution >= 0.6 is 0 Å². The van der Waals surface area contributed by atoms with Crippen LogP contribution in [0.5, 0.6) is 11.5 Å². The summed E-state index contributed by atoms with van der Waals surface area (Å²) in [5.74, 6) is 1.11. The van der Waals surface area contributed by atoms with Crippen LogP contribution in [0, 0.1) is 12.3 Å². The van der Waals surface area contributed by atoms with Crippen molar-refractivity contribution in [1.29, 1.82) is 0 Å². The Labute approximate surface area is 118 Å². The molecule has 108 valence electrons. The highest BCUT2D eigenvalue weighted by Gasteiger charge is 2.17. The topological polar surface area (TPSA) is 81.7 Å². The van der Waals surface area contributed by atoms with Crippen LogP contribution in [0.15, 0.2) is 18.2 Å². The average Bonchev–Trinajstić information content (AvgIpc) is 2.38. The molecule has 0 saturated heterocycles. The first-order valence-electron chi connectivity index (χ1n) is 5.57. The van der Waals surface area contributed by atoms with Gasteiger partial charge in [0.2, 0.25) is 5.91 Å². The number of sulfone groups is 1. The second-order valence-corrected chi connectivity index (χ2v) is 5.92. The number of carbonyl (C=O) groups is 1. The molecule has 0 atom stereocenters. The van der Waals surface area contributed by atoms with E-state index in [1.807, 2.05) is 5.92 Å². The molecule has 0 bridgehead atoms. The molecular formula is C13H15NO5S. The Bertz CT molecular complexity index is 631. The molecule has 1 aromatic carbocycles. The number of anilines is 1. The van der Waals surface area contributed by atoms with Crippen molar-refractivity contribution in [2.45, 2.75) is 0 Å². The Hall–Kier alpha value is -2.20. The van der Waals surface area contributed by atoms with E-state index in [9.17, 15) is 13.2 Å². The van der Waals surface area contributed by atoms with Crippen LogP contribution in [-0.2, 0) is 14.6 Å². The van der Waals surface area contributed by atoms with E-state index in [-0.39, 0.29) is 0 Å². The zero-order valence-corrected chi connectivity index (χ0v) is 12.0. The Morgan fingerprint density at radius 3 is 2.60 bits per heavy atom. The normalized spacial score (nSPS) is 10.4. The fraction of sp³-hybridized carbons (Fsp3) is 0.308. The number of amides is 1. The first-order valence-corrected chi connectivity index (χ1v) is 7.39. The van der Waals surface area contributed by atoms with Crippen molar-refractivity contribution in [3.05, 3.63) is 18.2 Å². The summed E-state index contributed by atoms with van der Waals surface area (Å²) in [5, 5.41) is 2.46. The molecule has 0 aliphatic heterocycles. The highest BCUT2D eigenvalue weighted by atomic mass is 32.2. The Morgan fingerprint density at radius 1 is 1.35 bits per heavy atom. The quantitative estimate of drug-likeness (QED) is 0.781.